The monoisotopic (exact) mass is 267 g/mol. The van der Waals surface area contributed by atoms with E-state index in [9.17, 15) is 9.59 Å². The van der Waals surface area contributed by atoms with Crippen molar-refractivity contribution in [2.75, 3.05) is 19.6 Å². The highest BCUT2D eigenvalue weighted by atomic mass is 16.2. The van der Waals surface area contributed by atoms with Crippen LogP contribution < -0.4 is 10.6 Å². The van der Waals surface area contributed by atoms with Gasteiger partial charge in [0.2, 0.25) is 5.91 Å². The Hall–Kier alpha value is -1.52. The van der Waals surface area contributed by atoms with Crippen molar-refractivity contribution < 1.29 is 9.59 Å². The second-order valence-corrected chi connectivity index (χ2v) is 5.94. The number of amides is 3. The maximum absolute atomic E-state index is 11.4. The number of urea groups is 1. The molecule has 0 aromatic rings. The molecule has 108 valence electrons. The van der Waals surface area contributed by atoms with E-state index in [1.807, 2.05) is 11.0 Å². The third-order valence-corrected chi connectivity index (χ3v) is 2.86. The molecule has 0 unspecified atom stereocenters. The number of carbonyl (C=O) groups excluding carboxylic acids is 2. The first kappa shape index (κ1) is 15.5. The minimum absolute atomic E-state index is 0.0589. The molecule has 1 aliphatic rings. The van der Waals surface area contributed by atoms with Crippen molar-refractivity contribution in [1.82, 2.24) is 15.5 Å². The normalized spacial score (nSPS) is 16.2. The molecule has 1 fully saturated rings. The van der Waals surface area contributed by atoms with Gasteiger partial charge in [0.1, 0.15) is 0 Å². The van der Waals surface area contributed by atoms with Crippen LogP contribution in [0.15, 0.2) is 12.3 Å². The fraction of sp³-hybridized carbons (Fsp3) is 0.714. The molecule has 0 bridgehead atoms. The first-order valence-electron chi connectivity index (χ1n) is 6.88. The van der Waals surface area contributed by atoms with Gasteiger partial charge >= 0.3 is 6.03 Å². The van der Waals surface area contributed by atoms with Gasteiger partial charge in [-0.15, -0.1) is 0 Å². The number of allylic oxidation sites excluding steroid dienone is 1. The molecule has 0 saturated carbocycles. The summed E-state index contributed by atoms with van der Waals surface area (Å²) in [6.07, 6.45) is 6.03. The standard InChI is InChI=1S/C14H25N3O2/c1-14(2,3)7-9-16-13(19)15-8-5-11-17-10-4-6-12(17)18/h7,9H,4-6,8,10-11H2,1-3H3,(H2,15,16,19)/b9-7+. The summed E-state index contributed by atoms with van der Waals surface area (Å²) in [5.41, 5.74) is 0.0589. The quantitative estimate of drug-likeness (QED) is 0.747. The number of nitrogens with zero attached hydrogens (tertiary/aromatic N) is 1. The number of nitrogens with one attached hydrogen (secondary N) is 2. The van der Waals surface area contributed by atoms with Gasteiger partial charge in [-0.2, -0.15) is 0 Å². The van der Waals surface area contributed by atoms with Crippen molar-refractivity contribution in [1.29, 1.82) is 0 Å². The first-order valence-corrected chi connectivity index (χ1v) is 6.88. The number of hydrogen-bond acceptors (Lipinski definition) is 2. The van der Waals surface area contributed by atoms with Crippen molar-refractivity contribution in [2.45, 2.75) is 40.0 Å². The zero-order chi connectivity index (χ0) is 14.3. The maximum atomic E-state index is 11.4. The fourth-order valence-electron chi connectivity index (χ4n) is 1.83. The highest BCUT2D eigenvalue weighted by molar-refractivity contribution is 5.78. The van der Waals surface area contributed by atoms with E-state index in [0.29, 0.717) is 13.0 Å². The number of rotatable bonds is 5. The van der Waals surface area contributed by atoms with Crippen LogP contribution in [0, 0.1) is 5.41 Å². The Morgan fingerprint density at radius 1 is 1.42 bits per heavy atom. The van der Waals surface area contributed by atoms with E-state index in [4.69, 9.17) is 0 Å². The van der Waals surface area contributed by atoms with E-state index >= 15 is 0 Å². The molecule has 0 atom stereocenters. The lowest BCUT2D eigenvalue weighted by Crippen LogP contribution is -2.35. The predicted octanol–water partition coefficient (Wildman–Crippen LogP) is 1.86. The fourth-order valence-corrected chi connectivity index (χ4v) is 1.83. The van der Waals surface area contributed by atoms with Crippen LogP contribution in [-0.2, 0) is 4.79 Å². The Bertz CT molecular complexity index is 345. The van der Waals surface area contributed by atoms with Gasteiger partial charge in [0.15, 0.2) is 0 Å². The molecule has 0 spiro atoms. The summed E-state index contributed by atoms with van der Waals surface area (Å²) in [7, 11) is 0. The van der Waals surface area contributed by atoms with Crippen molar-refractivity contribution in [3.63, 3.8) is 0 Å². The molecule has 5 heteroatoms. The van der Waals surface area contributed by atoms with Crippen molar-refractivity contribution in [3.05, 3.63) is 12.3 Å². The molecule has 1 saturated heterocycles. The number of hydrogen-bond donors (Lipinski definition) is 2. The summed E-state index contributed by atoms with van der Waals surface area (Å²) in [4.78, 5) is 24.7. The van der Waals surface area contributed by atoms with Crippen LogP contribution in [0.25, 0.3) is 0 Å². The van der Waals surface area contributed by atoms with Gasteiger partial charge in [-0.05, 0) is 18.3 Å². The summed E-state index contributed by atoms with van der Waals surface area (Å²) >= 11 is 0. The molecule has 0 aromatic carbocycles. The Morgan fingerprint density at radius 3 is 2.74 bits per heavy atom. The summed E-state index contributed by atoms with van der Waals surface area (Å²) in [6.45, 7) is 8.37. The average molecular weight is 267 g/mol. The third kappa shape index (κ3) is 6.84. The van der Waals surface area contributed by atoms with E-state index in [-0.39, 0.29) is 17.4 Å². The zero-order valence-electron chi connectivity index (χ0n) is 12.2. The van der Waals surface area contributed by atoms with E-state index in [0.717, 1.165) is 25.9 Å². The van der Waals surface area contributed by atoms with Crippen molar-refractivity contribution in [2.24, 2.45) is 5.41 Å². The highest BCUT2D eigenvalue weighted by Crippen LogP contribution is 2.13. The van der Waals surface area contributed by atoms with Crippen LogP contribution in [0.3, 0.4) is 0 Å². The van der Waals surface area contributed by atoms with Gasteiger partial charge in [-0.25, -0.2) is 4.79 Å². The molecule has 5 nitrogen and oxygen atoms in total. The minimum atomic E-state index is -0.201. The van der Waals surface area contributed by atoms with Crippen LogP contribution in [0.2, 0.25) is 0 Å². The highest BCUT2D eigenvalue weighted by Gasteiger charge is 2.18. The van der Waals surface area contributed by atoms with E-state index in [2.05, 4.69) is 31.4 Å². The lowest BCUT2D eigenvalue weighted by Gasteiger charge is -2.15. The third-order valence-electron chi connectivity index (χ3n) is 2.86. The average Bonchev–Trinajstić information content (AvgIpc) is 2.69. The summed E-state index contributed by atoms with van der Waals surface area (Å²) in [5.74, 6) is 0.234. The lowest BCUT2D eigenvalue weighted by atomic mass is 9.97. The number of carbonyl (C=O) groups is 2. The van der Waals surface area contributed by atoms with Crippen molar-refractivity contribution in [3.8, 4) is 0 Å². The molecule has 0 aliphatic carbocycles. The summed E-state index contributed by atoms with van der Waals surface area (Å²) < 4.78 is 0. The molecule has 2 N–H and O–H groups in total. The van der Waals surface area contributed by atoms with Crippen LogP contribution in [0.5, 0.6) is 0 Å². The largest absolute Gasteiger partial charge is 0.343 e. The van der Waals surface area contributed by atoms with Gasteiger partial charge in [0, 0.05) is 32.3 Å². The first-order chi connectivity index (χ1) is 8.88. The molecular formula is C14H25N3O2. The molecule has 0 aromatic heterocycles. The molecule has 19 heavy (non-hydrogen) atoms. The second-order valence-electron chi connectivity index (χ2n) is 5.94. The van der Waals surface area contributed by atoms with Gasteiger partial charge in [-0.3, -0.25) is 4.79 Å². The molecule has 1 aliphatic heterocycles. The van der Waals surface area contributed by atoms with Crippen LogP contribution in [-0.4, -0.2) is 36.5 Å². The minimum Gasteiger partial charge on any atom is -0.343 e. The molecule has 1 heterocycles. The van der Waals surface area contributed by atoms with Crippen LogP contribution in [0.1, 0.15) is 40.0 Å². The van der Waals surface area contributed by atoms with E-state index < -0.39 is 0 Å². The smallest absolute Gasteiger partial charge is 0.318 e. The molecule has 1 rings (SSSR count). The Morgan fingerprint density at radius 2 is 2.16 bits per heavy atom. The molecular weight excluding hydrogens is 242 g/mol. The van der Waals surface area contributed by atoms with E-state index in [1.165, 1.54) is 0 Å². The summed E-state index contributed by atoms with van der Waals surface area (Å²) in [6, 6.07) is -0.201. The van der Waals surface area contributed by atoms with Crippen molar-refractivity contribution >= 4 is 11.9 Å². The number of likely N-dealkylation sites (tertiary alicyclic amines) is 1. The Kier molecular flexibility index (Phi) is 5.86. The second kappa shape index (κ2) is 7.16. The Balaban J connectivity index is 2.07. The Labute approximate surface area is 115 Å². The van der Waals surface area contributed by atoms with Gasteiger partial charge < -0.3 is 15.5 Å². The van der Waals surface area contributed by atoms with Crippen LogP contribution in [0.4, 0.5) is 4.79 Å². The predicted molar refractivity (Wildman–Crippen MR) is 75.6 cm³/mol. The van der Waals surface area contributed by atoms with Crippen LogP contribution >= 0.6 is 0 Å². The SMILES string of the molecule is CC(C)(C)/C=C/NC(=O)NCCCN1CCCC1=O. The van der Waals surface area contributed by atoms with Gasteiger partial charge in [0.25, 0.3) is 0 Å². The van der Waals surface area contributed by atoms with Gasteiger partial charge in [-0.1, -0.05) is 26.8 Å². The topological polar surface area (TPSA) is 61.4 Å². The molecule has 3 amide bonds. The summed E-state index contributed by atoms with van der Waals surface area (Å²) in [5, 5.41) is 5.43. The molecule has 0 radical (unpaired) electrons. The lowest BCUT2D eigenvalue weighted by molar-refractivity contribution is -0.127. The maximum Gasteiger partial charge on any atom is 0.318 e. The van der Waals surface area contributed by atoms with Gasteiger partial charge in [0.05, 0.1) is 0 Å². The van der Waals surface area contributed by atoms with E-state index in [1.54, 1.807) is 6.20 Å². The zero-order valence-corrected chi connectivity index (χ0v) is 12.2.